The third kappa shape index (κ3) is 4.80. The predicted octanol–water partition coefficient (Wildman–Crippen LogP) is 2.91. The molecule has 2 rings (SSSR count). The molecule has 0 amide bonds. The van der Waals surface area contributed by atoms with Crippen LogP contribution in [0, 0.1) is 5.92 Å². The number of rotatable bonds is 7. The molecule has 1 N–H and O–H groups in total. The summed E-state index contributed by atoms with van der Waals surface area (Å²) in [5.41, 5.74) is 1.24. The van der Waals surface area contributed by atoms with Gasteiger partial charge >= 0.3 is 0 Å². The minimum atomic E-state index is 0.697. The molecule has 1 unspecified atom stereocenters. The van der Waals surface area contributed by atoms with Gasteiger partial charge in [-0.3, -0.25) is 0 Å². The summed E-state index contributed by atoms with van der Waals surface area (Å²) in [7, 11) is 1.73. The Balaban J connectivity index is 1.69. The van der Waals surface area contributed by atoms with Crippen molar-refractivity contribution in [3.05, 3.63) is 29.8 Å². The number of benzene rings is 1. The number of para-hydroxylation sites is 1. The molecule has 3 nitrogen and oxygen atoms in total. The Bertz CT molecular complexity index is 388. The van der Waals surface area contributed by atoms with Crippen LogP contribution >= 0.6 is 0 Å². The molecular formula is C17H28N2O. The summed E-state index contributed by atoms with van der Waals surface area (Å²) in [4.78, 5) is 2.61. The van der Waals surface area contributed by atoms with Gasteiger partial charge in [-0.05, 0) is 44.5 Å². The van der Waals surface area contributed by atoms with Crippen LogP contribution in [0.1, 0.15) is 31.7 Å². The summed E-state index contributed by atoms with van der Waals surface area (Å²) in [5, 5.41) is 3.56. The Kier molecular flexibility index (Phi) is 6.34. The van der Waals surface area contributed by atoms with Crippen LogP contribution in [0.3, 0.4) is 0 Å². The Morgan fingerprint density at radius 2 is 1.95 bits per heavy atom. The standard InChI is InChI=1S/C17H28N2O/c1-15(14-19-10-6-3-7-11-19)12-18-13-16-8-4-5-9-17(16)20-2/h4-5,8-9,15,18H,3,6-7,10-14H2,1-2H3. The molecule has 0 bridgehead atoms. The zero-order valence-corrected chi connectivity index (χ0v) is 12.9. The second-order valence-electron chi connectivity index (χ2n) is 5.91. The molecule has 0 radical (unpaired) electrons. The van der Waals surface area contributed by atoms with E-state index in [1.54, 1.807) is 7.11 Å². The predicted molar refractivity (Wildman–Crippen MR) is 84.2 cm³/mol. The largest absolute Gasteiger partial charge is 0.496 e. The van der Waals surface area contributed by atoms with E-state index in [0.717, 1.165) is 18.8 Å². The monoisotopic (exact) mass is 276 g/mol. The summed E-state index contributed by atoms with van der Waals surface area (Å²) in [6.07, 6.45) is 4.17. The zero-order chi connectivity index (χ0) is 14.2. The minimum Gasteiger partial charge on any atom is -0.496 e. The van der Waals surface area contributed by atoms with E-state index in [1.165, 1.54) is 44.5 Å². The summed E-state index contributed by atoms with van der Waals surface area (Å²) in [5.74, 6) is 1.67. The van der Waals surface area contributed by atoms with Crippen molar-refractivity contribution in [3.8, 4) is 5.75 Å². The minimum absolute atomic E-state index is 0.697. The molecule has 0 saturated carbocycles. The van der Waals surface area contributed by atoms with Gasteiger partial charge in [-0.25, -0.2) is 0 Å². The van der Waals surface area contributed by atoms with E-state index in [4.69, 9.17) is 4.74 Å². The lowest BCUT2D eigenvalue weighted by Gasteiger charge is -2.29. The fourth-order valence-electron chi connectivity index (χ4n) is 2.95. The van der Waals surface area contributed by atoms with Gasteiger partial charge in [0, 0.05) is 18.7 Å². The van der Waals surface area contributed by atoms with Crippen LogP contribution in [0.5, 0.6) is 5.75 Å². The Morgan fingerprint density at radius 3 is 2.70 bits per heavy atom. The maximum Gasteiger partial charge on any atom is 0.123 e. The quantitative estimate of drug-likeness (QED) is 0.829. The van der Waals surface area contributed by atoms with Gasteiger partial charge in [0.05, 0.1) is 7.11 Å². The summed E-state index contributed by atoms with van der Waals surface area (Å²) in [6, 6.07) is 8.23. The first-order valence-electron chi connectivity index (χ1n) is 7.84. The van der Waals surface area contributed by atoms with Gasteiger partial charge < -0.3 is 15.0 Å². The van der Waals surface area contributed by atoms with Crippen LogP contribution in [0.15, 0.2) is 24.3 Å². The molecule has 1 saturated heterocycles. The fraction of sp³-hybridized carbons (Fsp3) is 0.647. The van der Waals surface area contributed by atoms with Crippen molar-refractivity contribution in [2.24, 2.45) is 5.92 Å². The number of nitrogens with one attached hydrogen (secondary N) is 1. The van der Waals surface area contributed by atoms with Gasteiger partial charge in [0.1, 0.15) is 5.75 Å². The van der Waals surface area contributed by atoms with Crippen LogP contribution in [0.25, 0.3) is 0 Å². The van der Waals surface area contributed by atoms with E-state index in [9.17, 15) is 0 Å². The third-order valence-corrected chi connectivity index (χ3v) is 4.02. The molecule has 0 aromatic heterocycles. The molecule has 1 aromatic rings. The molecule has 3 heteroatoms. The number of hydrogen-bond acceptors (Lipinski definition) is 3. The van der Waals surface area contributed by atoms with Crippen molar-refractivity contribution < 1.29 is 4.74 Å². The van der Waals surface area contributed by atoms with Crippen molar-refractivity contribution in [2.75, 3.05) is 33.3 Å². The highest BCUT2D eigenvalue weighted by Gasteiger charge is 2.13. The molecule has 1 aromatic carbocycles. The Hall–Kier alpha value is -1.06. The van der Waals surface area contributed by atoms with Gasteiger partial charge in [0.2, 0.25) is 0 Å². The van der Waals surface area contributed by atoms with Crippen molar-refractivity contribution in [2.45, 2.75) is 32.7 Å². The van der Waals surface area contributed by atoms with Gasteiger partial charge in [-0.1, -0.05) is 31.5 Å². The molecule has 0 spiro atoms. The Labute approximate surface area is 123 Å². The van der Waals surface area contributed by atoms with Crippen LogP contribution in [-0.2, 0) is 6.54 Å². The van der Waals surface area contributed by atoms with E-state index in [1.807, 2.05) is 12.1 Å². The first-order valence-corrected chi connectivity index (χ1v) is 7.84. The van der Waals surface area contributed by atoms with Crippen LogP contribution in [0.4, 0.5) is 0 Å². The normalized spacial score (nSPS) is 17.9. The second-order valence-corrected chi connectivity index (χ2v) is 5.91. The average molecular weight is 276 g/mol. The number of hydrogen-bond donors (Lipinski definition) is 1. The number of methoxy groups -OCH3 is 1. The van der Waals surface area contributed by atoms with Crippen LogP contribution in [0.2, 0.25) is 0 Å². The maximum absolute atomic E-state index is 5.38. The summed E-state index contributed by atoms with van der Waals surface area (Å²) < 4.78 is 5.38. The SMILES string of the molecule is COc1ccccc1CNCC(C)CN1CCCCC1. The van der Waals surface area contributed by atoms with Gasteiger partial charge in [0.15, 0.2) is 0 Å². The van der Waals surface area contributed by atoms with Gasteiger partial charge in [-0.2, -0.15) is 0 Å². The molecule has 1 atom stereocenters. The van der Waals surface area contributed by atoms with Gasteiger partial charge in [0.25, 0.3) is 0 Å². The number of nitrogens with zero attached hydrogens (tertiary/aromatic N) is 1. The smallest absolute Gasteiger partial charge is 0.123 e. The molecule has 1 aliphatic heterocycles. The molecule has 20 heavy (non-hydrogen) atoms. The number of likely N-dealkylation sites (tertiary alicyclic amines) is 1. The van der Waals surface area contributed by atoms with E-state index >= 15 is 0 Å². The third-order valence-electron chi connectivity index (χ3n) is 4.02. The van der Waals surface area contributed by atoms with Crippen molar-refractivity contribution >= 4 is 0 Å². The molecular weight excluding hydrogens is 248 g/mol. The summed E-state index contributed by atoms with van der Waals surface area (Å²) >= 11 is 0. The van der Waals surface area contributed by atoms with E-state index < -0.39 is 0 Å². The highest BCUT2D eigenvalue weighted by Crippen LogP contribution is 2.17. The topological polar surface area (TPSA) is 24.5 Å². The maximum atomic E-state index is 5.38. The van der Waals surface area contributed by atoms with E-state index in [2.05, 4.69) is 29.3 Å². The second kappa shape index (κ2) is 8.28. The molecule has 0 aliphatic carbocycles. The van der Waals surface area contributed by atoms with Gasteiger partial charge in [-0.15, -0.1) is 0 Å². The Morgan fingerprint density at radius 1 is 1.20 bits per heavy atom. The number of ether oxygens (including phenoxy) is 1. The average Bonchev–Trinajstić information content (AvgIpc) is 2.49. The van der Waals surface area contributed by atoms with Crippen molar-refractivity contribution in [1.29, 1.82) is 0 Å². The number of piperidine rings is 1. The van der Waals surface area contributed by atoms with Crippen LogP contribution < -0.4 is 10.1 Å². The molecule has 1 fully saturated rings. The van der Waals surface area contributed by atoms with Crippen molar-refractivity contribution in [3.63, 3.8) is 0 Å². The summed E-state index contributed by atoms with van der Waals surface area (Å²) in [6.45, 7) is 8.08. The van der Waals surface area contributed by atoms with Crippen LogP contribution in [-0.4, -0.2) is 38.2 Å². The van der Waals surface area contributed by atoms with E-state index in [0.29, 0.717) is 5.92 Å². The first-order chi connectivity index (χ1) is 9.79. The zero-order valence-electron chi connectivity index (χ0n) is 12.9. The lowest BCUT2D eigenvalue weighted by Crippen LogP contribution is -2.36. The lowest BCUT2D eigenvalue weighted by atomic mass is 10.1. The molecule has 112 valence electrons. The molecule has 1 heterocycles. The molecule has 1 aliphatic rings. The van der Waals surface area contributed by atoms with E-state index in [-0.39, 0.29) is 0 Å². The highest BCUT2D eigenvalue weighted by atomic mass is 16.5. The first kappa shape index (κ1) is 15.3. The lowest BCUT2D eigenvalue weighted by molar-refractivity contribution is 0.199. The fourth-order valence-corrected chi connectivity index (χ4v) is 2.95. The van der Waals surface area contributed by atoms with Crippen molar-refractivity contribution in [1.82, 2.24) is 10.2 Å². The highest BCUT2D eigenvalue weighted by molar-refractivity contribution is 5.32.